The lowest BCUT2D eigenvalue weighted by Gasteiger charge is -2.01. The normalized spacial score (nSPS) is 11.3. The standard InChI is InChI=1S/C13H11F2N5O2S/c1-20-5-7(4-16-20)9-2-8(22-19-9)6-23-13-17-10(12(14)15)3-11(21)18-13/h2-5,12H,6H2,1H3,(H,17,18,21). The zero-order valence-electron chi connectivity index (χ0n) is 11.9. The highest BCUT2D eigenvalue weighted by Crippen LogP contribution is 2.24. The molecule has 10 heteroatoms. The average molecular weight is 339 g/mol. The van der Waals surface area contributed by atoms with Gasteiger partial charge in [0.2, 0.25) is 0 Å². The quantitative estimate of drug-likeness (QED) is 0.567. The first kappa shape index (κ1) is 15.4. The molecule has 1 N–H and O–H groups in total. The van der Waals surface area contributed by atoms with Gasteiger partial charge in [0.05, 0.1) is 11.9 Å². The van der Waals surface area contributed by atoms with Crippen LogP contribution in [0.25, 0.3) is 11.3 Å². The molecule has 0 saturated carbocycles. The van der Waals surface area contributed by atoms with Crippen LogP contribution >= 0.6 is 11.8 Å². The van der Waals surface area contributed by atoms with Crippen LogP contribution in [-0.4, -0.2) is 24.9 Å². The van der Waals surface area contributed by atoms with Gasteiger partial charge in [0.1, 0.15) is 17.1 Å². The Morgan fingerprint density at radius 3 is 2.96 bits per heavy atom. The number of aromatic nitrogens is 5. The molecule has 3 heterocycles. The molecule has 120 valence electrons. The van der Waals surface area contributed by atoms with Crippen LogP contribution in [0.3, 0.4) is 0 Å². The van der Waals surface area contributed by atoms with Gasteiger partial charge < -0.3 is 9.51 Å². The van der Waals surface area contributed by atoms with Crippen molar-refractivity contribution >= 4 is 11.8 Å². The second-order valence-electron chi connectivity index (χ2n) is 4.65. The smallest absolute Gasteiger partial charge is 0.280 e. The van der Waals surface area contributed by atoms with Crippen molar-refractivity contribution in [1.29, 1.82) is 0 Å². The summed E-state index contributed by atoms with van der Waals surface area (Å²) >= 11 is 1.08. The molecular weight excluding hydrogens is 328 g/mol. The van der Waals surface area contributed by atoms with Gasteiger partial charge >= 0.3 is 0 Å². The monoisotopic (exact) mass is 339 g/mol. The SMILES string of the molecule is Cn1cc(-c2cc(CSc3nc(C(F)F)cc(=O)[nH]3)on2)cn1. The van der Waals surface area contributed by atoms with Gasteiger partial charge in [-0.05, 0) is 0 Å². The summed E-state index contributed by atoms with van der Waals surface area (Å²) in [6.07, 6.45) is 0.652. The molecule has 3 rings (SSSR count). The fourth-order valence-electron chi connectivity index (χ4n) is 1.84. The molecule has 23 heavy (non-hydrogen) atoms. The Hall–Kier alpha value is -2.49. The van der Waals surface area contributed by atoms with E-state index in [-0.39, 0.29) is 5.16 Å². The predicted octanol–water partition coefficient (Wildman–Crippen LogP) is 2.39. The highest BCUT2D eigenvalue weighted by atomic mass is 32.2. The number of halogens is 2. The van der Waals surface area contributed by atoms with Gasteiger partial charge in [-0.1, -0.05) is 16.9 Å². The van der Waals surface area contributed by atoms with Gasteiger partial charge in [0.15, 0.2) is 5.16 Å². The lowest BCUT2D eigenvalue weighted by atomic mass is 10.2. The highest BCUT2D eigenvalue weighted by molar-refractivity contribution is 7.98. The summed E-state index contributed by atoms with van der Waals surface area (Å²) in [5.41, 5.74) is 0.256. The molecule has 0 fully saturated rings. The molecule has 0 amide bonds. The zero-order valence-corrected chi connectivity index (χ0v) is 12.7. The molecule has 7 nitrogen and oxygen atoms in total. The summed E-state index contributed by atoms with van der Waals surface area (Å²) in [5, 5.41) is 8.07. The lowest BCUT2D eigenvalue weighted by Crippen LogP contribution is -2.10. The lowest BCUT2D eigenvalue weighted by molar-refractivity contribution is 0.145. The van der Waals surface area contributed by atoms with E-state index in [9.17, 15) is 13.6 Å². The van der Waals surface area contributed by atoms with E-state index in [1.54, 1.807) is 30.2 Å². The van der Waals surface area contributed by atoms with Crippen molar-refractivity contribution < 1.29 is 13.3 Å². The van der Waals surface area contributed by atoms with Crippen LogP contribution in [0.15, 0.2) is 39.0 Å². The Kier molecular flexibility index (Phi) is 4.24. The molecule has 0 radical (unpaired) electrons. The molecule has 3 aromatic rings. The Morgan fingerprint density at radius 2 is 2.26 bits per heavy atom. The molecule has 0 spiro atoms. The van der Waals surface area contributed by atoms with E-state index in [0.29, 0.717) is 17.2 Å². The predicted molar refractivity (Wildman–Crippen MR) is 78.1 cm³/mol. The second-order valence-corrected chi connectivity index (χ2v) is 5.61. The minimum absolute atomic E-state index is 0.104. The maximum absolute atomic E-state index is 12.6. The van der Waals surface area contributed by atoms with E-state index in [1.165, 1.54) is 0 Å². The maximum Gasteiger partial charge on any atom is 0.280 e. The van der Waals surface area contributed by atoms with Crippen LogP contribution in [0, 0.1) is 0 Å². The first-order valence-corrected chi connectivity index (χ1v) is 7.46. The van der Waals surface area contributed by atoms with Crippen LogP contribution < -0.4 is 5.56 Å². The minimum atomic E-state index is -2.79. The third-order valence-electron chi connectivity index (χ3n) is 2.87. The topological polar surface area (TPSA) is 89.6 Å². The van der Waals surface area contributed by atoms with Crippen LogP contribution in [0.2, 0.25) is 0 Å². The van der Waals surface area contributed by atoms with Crippen molar-refractivity contribution in [2.24, 2.45) is 7.05 Å². The fourth-order valence-corrected chi connectivity index (χ4v) is 2.60. The molecule has 0 aromatic carbocycles. The van der Waals surface area contributed by atoms with Crippen molar-refractivity contribution in [3.8, 4) is 11.3 Å². The van der Waals surface area contributed by atoms with Gasteiger partial charge in [-0.25, -0.2) is 13.8 Å². The Bertz CT molecular complexity index is 873. The van der Waals surface area contributed by atoms with Crippen molar-refractivity contribution in [2.45, 2.75) is 17.3 Å². The molecule has 0 aliphatic carbocycles. The molecule has 0 saturated heterocycles. The van der Waals surface area contributed by atoms with Crippen molar-refractivity contribution in [3.63, 3.8) is 0 Å². The summed E-state index contributed by atoms with van der Waals surface area (Å²) in [5.74, 6) is 0.821. The van der Waals surface area contributed by atoms with Gasteiger partial charge in [-0.2, -0.15) is 5.10 Å². The van der Waals surface area contributed by atoms with Gasteiger partial charge in [-0.15, -0.1) is 0 Å². The van der Waals surface area contributed by atoms with E-state index in [2.05, 4.69) is 20.2 Å². The number of nitrogens with zero attached hydrogens (tertiary/aromatic N) is 4. The summed E-state index contributed by atoms with van der Waals surface area (Å²) in [6, 6.07) is 2.50. The number of alkyl halides is 2. The van der Waals surface area contributed by atoms with Crippen molar-refractivity contribution in [2.75, 3.05) is 0 Å². The maximum atomic E-state index is 12.6. The number of thioether (sulfide) groups is 1. The number of H-pyrrole nitrogens is 1. The van der Waals surface area contributed by atoms with E-state index in [4.69, 9.17) is 4.52 Å². The van der Waals surface area contributed by atoms with Crippen LogP contribution in [0.1, 0.15) is 17.9 Å². The highest BCUT2D eigenvalue weighted by Gasteiger charge is 2.13. The van der Waals surface area contributed by atoms with E-state index < -0.39 is 17.7 Å². The van der Waals surface area contributed by atoms with Crippen LogP contribution in [0.5, 0.6) is 0 Å². The molecule has 0 aliphatic heterocycles. The molecular formula is C13H11F2N5O2S. The minimum Gasteiger partial charge on any atom is -0.360 e. The van der Waals surface area contributed by atoms with Gasteiger partial charge in [0.25, 0.3) is 12.0 Å². The van der Waals surface area contributed by atoms with Gasteiger partial charge in [0, 0.05) is 30.9 Å². The van der Waals surface area contributed by atoms with E-state index >= 15 is 0 Å². The average Bonchev–Trinajstić information content (AvgIpc) is 3.13. The van der Waals surface area contributed by atoms with Crippen molar-refractivity contribution in [3.05, 3.63) is 46.3 Å². The van der Waals surface area contributed by atoms with E-state index in [0.717, 1.165) is 23.4 Å². The molecule has 0 unspecified atom stereocenters. The number of aromatic amines is 1. The third kappa shape index (κ3) is 3.65. The molecule has 0 aliphatic rings. The largest absolute Gasteiger partial charge is 0.360 e. The second kappa shape index (κ2) is 6.32. The summed E-state index contributed by atoms with van der Waals surface area (Å²) in [4.78, 5) is 17.4. The van der Waals surface area contributed by atoms with Crippen LogP contribution in [0.4, 0.5) is 8.78 Å². The number of hydrogen-bond acceptors (Lipinski definition) is 6. The number of nitrogens with one attached hydrogen (secondary N) is 1. The summed E-state index contributed by atoms with van der Waals surface area (Å²) in [6.45, 7) is 0. The fraction of sp³-hybridized carbons (Fsp3) is 0.231. The number of hydrogen-bond donors (Lipinski definition) is 1. The van der Waals surface area contributed by atoms with Gasteiger partial charge in [-0.3, -0.25) is 9.48 Å². The molecule has 0 bridgehead atoms. The van der Waals surface area contributed by atoms with Crippen LogP contribution in [-0.2, 0) is 12.8 Å². The Labute approximate surface area is 132 Å². The Morgan fingerprint density at radius 1 is 1.43 bits per heavy atom. The first-order valence-electron chi connectivity index (χ1n) is 6.48. The summed E-state index contributed by atoms with van der Waals surface area (Å²) in [7, 11) is 1.79. The van der Waals surface area contributed by atoms with E-state index in [1.807, 2.05) is 0 Å². The molecule has 3 aromatic heterocycles. The number of rotatable bonds is 5. The Balaban J connectivity index is 1.72. The molecule has 0 atom stereocenters. The third-order valence-corrected chi connectivity index (χ3v) is 3.77. The number of aryl methyl sites for hydroxylation is 1. The zero-order chi connectivity index (χ0) is 16.4. The first-order chi connectivity index (χ1) is 11.0. The van der Waals surface area contributed by atoms with Crippen molar-refractivity contribution in [1.82, 2.24) is 24.9 Å². The summed E-state index contributed by atoms with van der Waals surface area (Å²) < 4.78 is 32.1.